The first-order chi connectivity index (χ1) is 8.63. The van der Waals surface area contributed by atoms with Crippen LogP contribution in [0.3, 0.4) is 0 Å². The molecule has 1 aromatic rings. The van der Waals surface area contributed by atoms with Crippen LogP contribution in [0.1, 0.15) is 38.9 Å². The molecule has 0 aliphatic carbocycles. The van der Waals surface area contributed by atoms with Gasteiger partial charge >= 0.3 is 0 Å². The first-order valence-corrected chi connectivity index (χ1v) is 6.94. The van der Waals surface area contributed by atoms with E-state index in [0.717, 1.165) is 31.2 Å². The van der Waals surface area contributed by atoms with Crippen LogP contribution in [0.4, 0.5) is 0 Å². The van der Waals surface area contributed by atoms with Crippen molar-refractivity contribution in [2.45, 2.75) is 39.7 Å². The number of nitrogens with one attached hydrogen (secondary N) is 1. The number of nitrogens with zero attached hydrogens (tertiary/aromatic N) is 2. The van der Waals surface area contributed by atoms with E-state index in [0.29, 0.717) is 12.0 Å². The Bertz CT molecular complexity index is 386. The fraction of sp³-hybridized carbons (Fsp3) is 0.786. The second-order valence-electron chi connectivity index (χ2n) is 5.63. The van der Waals surface area contributed by atoms with E-state index in [1.54, 1.807) is 7.11 Å². The Balaban J connectivity index is 2.18. The van der Waals surface area contributed by atoms with E-state index in [1.165, 1.54) is 12.1 Å². The molecule has 4 heteroatoms. The minimum absolute atomic E-state index is 0.385. The van der Waals surface area contributed by atoms with Crippen LogP contribution < -0.4 is 10.1 Å². The van der Waals surface area contributed by atoms with Crippen LogP contribution in [0.15, 0.2) is 6.20 Å². The Morgan fingerprint density at radius 3 is 2.94 bits per heavy atom. The van der Waals surface area contributed by atoms with E-state index >= 15 is 0 Å². The lowest BCUT2D eigenvalue weighted by atomic mass is 9.84. The number of hydrogen-bond acceptors (Lipinski definition) is 3. The Labute approximate surface area is 110 Å². The third kappa shape index (κ3) is 2.69. The van der Waals surface area contributed by atoms with Crippen LogP contribution >= 0.6 is 0 Å². The number of piperidine rings is 1. The molecule has 0 radical (unpaired) electrons. The third-order valence-corrected chi connectivity index (χ3v) is 4.01. The van der Waals surface area contributed by atoms with E-state index in [9.17, 15) is 0 Å². The Kier molecular flexibility index (Phi) is 4.27. The molecule has 18 heavy (non-hydrogen) atoms. The minimum Gasteiger partial charge on any atom is -0.493 e. The van der Waals surface area contributed by atoms with Gasteiger partial charge in [0.15, 0.2) is 5.75 Å². The molecular formula is C14H25N3O. The molecule has 0 aromatic carbocycles. The lowest BCUT2D eigenvalue weighted by Gasteiger charge is -2.30. The second-order valence-corrected chi connectivity index (χ2v) is 5.63. The van der Waals surface area contributed by atoms with Crippen LogP contribution in [0.25, 0.3) is 0 Å². The van der Waals surface area contributed by atoms with Gasteiger partial charge < -0.3 is 10.1 Å². The molecule has 4 nitrogen and oxygen atoms in total. The first kappa shape index (κ1) is 13.4. The highest BCUT2D eigenvalue weighted by Gasteiger charge is 2.25. The van der Waals surface area contributed by atoms with Crippen molar-refractivity contribution in [2.75, 3.05) is 20.2 Å². The quantitative estimate of drug-likeness (QED) is 0.892. The Morgan fingerprint density at radius 1 is 1.56 bits per heavy atom. The number of methoxy groups -OCH3 is 1. The smallest absolute Gasteiger partial charge is 0.159 e. The van der Waals surface area contributed by atoms with Crippen molar-refractivity contribution in [3.05, 3.63) is 11.9 Å². The molecule has 102 valence electrons. The summed E-state index contributed by atoms with van der Waals surface area (Å²) in [5, 5.41) is 7.94. The predicted octanol–water partition coefficient (Wildman–Crippen LogP) is 2.26. The molecule has 2 atom stereocenters. The third-order valence-electron chi connectivity index (χ3n) is 4.01. The van der Waals surface area contributed by atoms with Gasteiger partial charge in [-0.2, -0.15) is 5.10 Å². The zero-order valence-corrected chi connectivity index (χ0v) is 11.9. The standard InChI is InChI=1S/C14H25N3O/c1-10(2)17-13(14(18-4)9-16-17)7-12-8-15-6-5-11(12)3/h9-12,15H,5-8H2,1-4H3. The molecular weight excluding hydrogens is 226 g/mol. The van der Waals surface area contributed by atoms with E-state index in [1.807, 2.05) is 6.20 Å². The summed E-state index contributed by atoms with van der Waals surface area (Å²) in [6.07, 6.45) is 4.16. The van der Waals surface area contributed by atoms with Crippen molar-refractivity contribution in [1.29, 1.82) is 0 Å². The van der Waals surface area contributed by atoms with Gasteiger partial charge in [0.05, 0.1) is 19.0 Å². The highest BCUT2D eigenvalue weighted by Crippen LogP contribution is 2.28. The van der Waals surface area contributed by atoms with Gasteiger partial charge in [-0.15, -0.1) is 0 Å². The van der Waals surface area contributed by atoms with E-state index in [4.69, 9.17) is 4.74 Å². The van der Waals surface area contributed by atoms with Crippen molar-refractivity contribution in [3.63, 3.8) is 0 Å². The lowest BCUT2D eigenvalue weighted by Crippen LogP contribution is -2.37. The summed E-state index contributed by atoms with van der Waals surface area (Å²) in [5.41, 5.74) is 1.24. The Hall–Kier alpha value is -1.03. The van der Waals surface area contributed by atoms with Gasteiger partial charge in [-0.05, 0) is 51.6 Å². The van der Waals surface area contributed by atoms with E-state index in [2.05, 4.69) is 35.9 Å². The van der Waals surface area contributed by atoms with Crippen LogP contribution in [0.5, 0.6) is 5.75 Å². The average Bonchev–Trinajstić information content (AvgIpc) is 2.75. The number of aromatic nitrogens is 2. The van der Waals surface area contributed by atoms with Gasteiger partial charge in [0.1, 0.15) is 0 Å². The topological polar surface area (TPSA) is 39.1 Å². The number of hydrogen-bond donors (Lipinski definition) is 1. The fourth-order valence-electron chi connectivity index (χ4n) is 2.76. The molecule has 2 rings (SSSR count). The predicted molar refractivity (Wildman–Crippen MR) is 73.0 cm³/mol. The molecule has 0 amide bonds. The van der Waals surface area contributed by atoms with Crippen molar-refractivity contribution in [3.8, 4) is 5.75 Å². The van der Waals surface area contributed by atoms with Gasteiger partial charge in [-0.25, -0.2) is 0 Å². The summed E-state index contributed by atoms with van der Waals surface area (Å²) in [4.78, 5) is 0. The van der Waals surface area contributed by atoms with Crippen molar-refractivity contribution in [2.24, 2.45) is 11.8 Å². The van der Waals surface area contributed by atoms with Crippen LogP contribution in [-0.2, 0) is 6.42 Å². The molecule has 0 bridgehead atoms. The molecule has 0 spiro atoms. The molecule has 2 heterocycles. The van der Waals surface area contributed by atoms with Crippen LogP contribution in [0.2, 0.25) is 0 Å². The SMILES string of the molecule is COc1cnn(C(C)C)c1CC1CNCCC1C. The van der Waals surface area contributed by atoms with Crippen LogP contribution in [-0.4, -0.2) is 30.0 Å². The maximum Gasteiger partial charge on any atom is 0.159 e. The minimum atomic E-state index is 0.385. The first-order valence-electron chi connectivity index (χ1n) is 6.94. The molecule has 1 saturated heterocycles. The highest BCUT2D eigenvalue weighted by molar-refractivity contribution is 5.26. The van der Waals surface area contributed by atoms with Crippen molar-refractivity contribution >= 4 is 0 Å². The molecule has 1 aliphatic heterocycles. The molecule has 1 aromatic heterocycles. The molecule has 1 N–H and O–H groups in total. The molecule has 2 unspecified atom stereocenters. The van der Waals surface area contributed by atoms with Gasteiger partial charge in [0, 0.05) is 6.04 Å². The lowest BCUT2D eigenvalue weighted by molar-refractivity contribution is 0.263. The summed E-state index contributed by atoms with van der Waals surface area (Å²) in [6.45, 7) is 8.94. The molecule has 1 fully saturated rings. The zero-order valence-electron chi connectivity index (χ0n) is 11.9. The molecule has 1 aliphatic rings. The monoisotopic (exact) mass is 251 g/mol. The number of rotatable bonds is 4. The maximum atomic E-state index is 5.45. The second kappa shape index (κ2) is 5.74. The molecule has 0 saturated carbocycles. The highest BCUT2D eigenvalue weighted by atomic mass is 16.5. The zero-order chi connectivity index (χ0) is 13.1. The summed E-state index contributed by atoms with van der Waals surface area (Å²) in [7, 11) is 1.73. The number of ether oxygens (including phenoxy) is 1. The maximum absolute atomic E-state index is 5.45. The van der Waals surface area contributed by atoms with Gasteiger partial charge in [0.2, 0.25) is 0 Å². The normalized spacial score (nSPS) is 24.5. The van der Waals surface area contributed by atoms with E-state index < -0.39 is 0 Å². The fourth-order valence-corrected chi connectivity index (χ4v) is 2.76. The van der Waals surface area contributed by atoms with Gasteiger partial charge in [0.25, 0.3) is 0 Å². The summed E-state index contributed by atoms with van der Waals surface area (Å²) in [5.74, 6) is 2.38. The summed E-state index contributed by atoms with van der Waals surface area (Å²) >= 11 is 0. The van der Waals surface area contributed by atoms with Gasteiger partial charge in [-0.1, -0.05) is 6.92 Å². The largest absolute Gasteiger partial charge is 0.493 e. The van der Waals surface area contributed by atoms with Gasteiger partial charge in [-0.3, -0.25) is 4.68 Å². The summed E-state index contributed by atoms with van der Waals surface area (Å²) in [6, 6.07) is 0.385. The summed E-state index contributed by atoms with van der Waals surface area (Å²) < 4.78 is 7.55. The van der Waals surface area contributed by atoms with Crippen molar-refractivity contribution < 1.29 is 4.74 Å². The average molecular weight is 251 g/mol. The Morgan fingerprint density at radius 2 is 2.33 bits per heavy atom. The van der Waals surface area contributed by atoms with Crippen molar-refractivity contribution in [1.82, 2.24) is 15.1 Å². The van der Waals surface area contributed by atoms with Crippen LogP contribution in [0, 0.1) is 11.8 Å². The van der Waals surface area contributed by atoms with E-state index in [-0.39, 0.29) is 0 Å².